The van der Waals surface area contributed by atoms with Gasteiger partial charge in [-0.1, -0.05) is 6.92 Å². The van der Waals surface area contributed by atoms with E-state index in [0.717, 1.165) is 32.0 Å². The molecule has 0 atom stereocenters. The standard InChI is InChI=1S/C17H26N2O3/c1-13-6-10-19(11-7-13)9-3-8-18-17(21)15-5-4-14(22-2)12-16(15)20/h4-5,12-13,20H,3,6-11H2,1-2H3,(H,18,21). The Morgan fingerprint density at radius 1 is 1.41 bits per heavy atom. The van der Waals surface area contributed by atoms with Crippen molar-refractivity contribution in [2.24, 2.45) is 5.92 Å². The first-order chi connectivity index (χ1) is 10.6. The monoisotopic (exact) mass is 306 g/mol. The quantitative estimate of drug-likeness (QED) is 0.791. The minimum absolute atomic E-state index is 0.0538. The van der Waals surface area contributed by atoms with Crippen molar-refractivity contribution < 1.29 is 14.6 Å². The maximum Gasteiger partial charge on any atom is 0.255 e. The van der Waals surface area contributed by atoms with Crippen molar-refractivity contribution in [2.45, 2.75) is 26.2 Å². The lowest BCUT2D eigenvalue weighted by Gasteiger charge is -2.30. The van der Waals surface area contributed by atoms with Crippen LogP contribution in [0.2, 0.25) is 0 Å². The van der Waals surface area contributed by atoms with Gasteiger partial charge in [-0.15, -0.1) is 0 Å². The van der Waals surface area contributed by atoms with E-state index in [1.54, 1.807) is 12.1 Å². The van der Waals surface area contributed by atoms with E-state index in [1.807, 2.05) is 0 Å². The van der Waals surface area contributed by atoms with Crippen LogP contribution in [0.1, 0.15) is 36.5 Å². The number of hydrogen-bond donors (Lipinski definition) is 2. The summed E-state index contributed by atoms with van der Waals surface area (Å²) in [5.41, 5.74) is 0.285. The molecule has 122 valence electrons. The number of phenols is 1. The highest BCUT2D eigenvalue weighted by Gasteiger charge is 2.15. The van der Waals surface area contributed by atoms with Crippen molar-refractivity contribution in [1.82, 2.24) is 10.2 Å². The smallest absolute Gasteiger partial charge is 0.255 e. The topological polar surface area (TPSA) is 61.8 Å². The molecule has 22 heavy (non-hydrogen) atoms. The molecule has 0 radical (unpaired) electrons. The van der Waals surface area contributed by atoms with Crippen molar-refractivity contribution in [2.75, 3.05) is 33.3 Å². The fraction of sp³-hybridized carbons (Fsp3) is 0.588. The number of nitrogens with one attached hydrogen (secondary N) is 1. The van der Waals surface area contributed by atoms with Gasteiger partial charge in [0.05, 0.1) is 12.7 Å². The Morgan fingerprint density at radius 2 is 2.14 bits per heavy atom. The molecule has 0 saturated carbocycles. The van der Waals surface area contributed by atoms with Crippen LogP contribution in [0.4, 0.5) is 0 Å². The number of ether oxygens (including phenoxy) is 1. The average Bonchev–Trinajstić information content (AvgIpc) is 2.52. The third-order valence-electron chi connectivity index (χ3n) is 4.26. The number of carbonyl (C=O) groups is 1. The van der Waals surface area contributed by atoms with E-state index >= 15 is 0 Å². The minimum Gasteiger partial charge on any atom is -0.507 e. The van der Waals surface area contributed by atoms with E-state index in [2.05, 4.69) is 17.1 Å². The second kappa shape index (κ2) is 8.03. The molecule has 0 spiro atoms. The molecule has 1 aliphatic heterocycles. The fourth-order valence-electron chi connectivity index (χ4n) is 2.72. The van der Waals surface area contributed by atoms with Crippen LogP contribution in [-0.2, 0) is 0 Å². The van der Waals surface area contributed by atoms with Gasteiger partial charge in [0.25, 0.3) is 5.91 Å². The highest BCUT2D eigenvalue weighted by Crippen LogP contribution is 2.23. The van der Waals surface area contributed by atoms with E-state index in [1.165, 1.54) is 26.0 Å². The maximum atomic E-state index is 12.0. The number of aromatic hydroxyl groups is 1. The molecule has 5 heteroatoms. The van der Waals surface area contributed by atoms with Crippen LogP contribution in [0.15, 0.2) is 18.2 Å². The van der Waals surface area contributed by atoms with Crippen molar-refractivity contribution >= 4 is 5.91 Å². The van der Waals surface area contributed by atoms with Crippen molar-refractivity contribution in [1.29, 1.82) is 0 Å². The predicted molar refractivity (Wildman–Crippen MR) is 86.4 cm³/mol. The first-order valence-corrected chi connectivity index (χ1v) is 7.97. The van der Waals surface area contributed by atoms with Gasteiger partial charge < -0.3 is 20.1 Å². The number of likely N-dealkylation sites (tertiary alicyclic amines) is 1. The van der Waals surface area contributed by atoms with Gasteiger partial charge in [0.2, 0.25) is 0 Å². The molecule has 0 bridgehead atoms. The summed E-state index contributed by atoms with van der Waals surface area (Å²) in [6.45, 7) is 6.26. The SMILES string of the molecule is COc1ccc(C(=O)NCCCN2CCC(C)CC2)c(O)c1. The van der Waals surface area contributed by atoms with Crippen molar-refractivity contribution in [3.63, 3.8) is 0 Å². The molecule has 0 aromatic heterocycles. The van der Waals surface area contributed by atoms with Crippen LogP contribution in [0.5, 0.6) is 11.5 Å². The number of nitrogens with zero attached hydrogens (tertiary/aromatic N) is 1. The van der Waals surface area contributed by atoms with E-state index in [0.29, 0.717) is 12.3 Å². The largest absolute Gasteiger partial charge is 0.507 e. The second-order valence-corrected chi connectivity index (χ2v) is 6.02. The maximum absolute atomic E-state index is 12.0. The summed E-state index contributed by atoms with van der Waals surface area (Å²) in [7, 11) is 1.52. The fourth-order valence-corrected chi connectivity index (χ4v) is 2.72. The summed E-state index contributed by atoms with van der Waals surface area (Å²) in [6, 6.07) is 4.70. The lowest BCUT2D eigenvalue weighted by Crippen LogP contribution is -2.35. The molecule has 1 aliphatic rings. The summed E-state index contributed by atoms with van der Waals surface area (Å²) in [5.74, 6) is 1.08. The van der Waals surface area contributed by atoms with E-state index in [4.69, 9.17) is 4.74 Å². The highest BCUT2D eigenvalue weighted by atomic mass is 16.5. The number of hydrogen-bond acceptors (Lipinski definition) is 4. The third-order valence-corrected chi connectivity index (χ3v) is 4.26. The molecule has 1 fully saturated rings. The zero-order chi connectivity index (χ0) is 15.9. The first kappa shape index (κ1) is 16.6. The summed E-state index contributed by atoms with van der Waals surface area (Å²) >= 11 is 0. The molecule has 1 amide bonds. The van der Waals surface area contributed by atoms with Crippen LogP contribution in [0.25, 0.3) is 0 Å². The lowest BCUT2D eigenvalue weighted by molar-refractivity contribution is 0.0948. The van der Waals surface area contributed by atoms with Crippen LogP contribution >= 0.6 is 0 Å². The van der Waals surface area contributed by atoms with Crippen LogP contribution in [0.3, 0.4) is 0 Å². The molecule has 0 aliphatic carbocycles. The third kappa shape index (κ3) is 4.63. The second-order valence-electron chi connectivity index (χ2n) is 6.02. The predicted octanol–water partition coefficient (Wildman–Crippen LogP) is 2.25. The van der Waals surface area contributed by atoms with E-state index in [9.17, 15) is 9.90 Å². The van der Waals surface area contributed by atoms with E-state index < -0.39 is 0 Å². The van der Waals surface area contributed by atoms with Gasteiger partial charge in [-0.3, -0.25) is 4.79 Å². The number of benzene rings is 1. The zero-order valence-corrected chi connectivity index (χ0v) is 13.5. The molecule has 1 aromatic carbocycles. The number of rotatable bonds is 6. The summed E-state index contributed by atoms with van der Waals surface area (Å²) < 4.78 is 5.01. The Morgan fingerprint density at radius 3 is 2.77 bits per heavy atom. The Kier molecular flexibility index (Phi) is 6.07. The van der Waals surface area contributed by atoms with Crippen LogP contribution in [-0.4, -0.2) is 49.2 Å². The number of phenolic OH excluding ortho intramolecular Hbond substituents is 1. The Bertz CT molecular complexity index is 497. The number of piperidine rings is 1. The van der Waals surface area contributed by atoms with Gasteiger partial charge in [0.1, 0.15) is 11.5 Å². The first-order valence-electron chi connectivity index (χ1n) is 7.97. The minimum atomic E-state index is -0.243. The molecule has 2 rings (SSSR count). The molecule has 5 nitrogen and oxygen atoms in total. The number of amides is 1. The Labute approximate surface area is 132 Å². The molecule has 0 unspecified atom stereocenters. The van der Waals surface area contributed by atoms with Crippen molar-refractivity contribution in [3.8, 4) is 11.5 Å². The Hall–Kier alpha value is -1.75. The van der Waals surface area contributed by atoms with Gasteiger partial charge in [-0.2, -0.15) is 0 Å². The van der Waals surface area contributed by atoms with Gasteiger partial charge in [0.15, 0.2) is 0 Å². The number of methoxy groups -OCH3 is 1. The van der Waals surface area contributed by atoms with Crippen LogP contribution in [0, 0.1) is 5.92 Å². The van der Waals surface area contributed by atoms with E-state index in [-0.39, 0.29) is 17.2 Å². The lowest BCUT2D eigenvalue weighted by atomic mass is 9.99. The van der Waals surface area contributed by atoms with Crippen molar-refractivity contribution in [3.05, 3.63) is 23.8 Å². The van der Waals surface area contributed by atoms with Gasteiger partial charge in [-0.25, -0.2) is 0 Å². The van der Waals surface area contributed by atoms with Crippen LogP contribution < -0.4 is 10.1 Å². The number of carbonyl (C=O) groups excluding carboxylic acids is 1. The van der Waals surface area contributed by atoms with Gasteiger partial charge in [0, 0.05) is 12.6 Å². The summed E-state index contributed by atoms with van der Waals surface area (Å²) in [4.78, 5) is 14.5. The van der Waals surface area contributed by atoms with Gasteiger partial charge >= 0.3 is 0 Å². The molecule has 1 aromatic rings. The molecular weight excluding hydrogens is 280 g/mol. The molecule has 1 saturated heterocycles. The summed E-state index contributed by atoms with van der Waals surface area (Å²) in [6.07, 6.45) is 3.47. The molecular formula is C17H26N2O3. The zero-order valence-electron chi connectivity index (χ0n) is 13.5. The summed E-state index contributed by atoms with van der Waals surface area (Å²) in [5, 5.41) is 12.7. The normalized spacial score (nSPS) is 16.5. The Balaban J connectivity index is 1.71. The highest BCUT2D eigenvalue weighted by molar-refractivity contribution is 5.96. The molecule has 1 heterocycles. The molecule has 2 N–H and O–H groups in total. The van der Waals surface area contributed by atoms with Gasteiger partial charge in [-0.05, 0) is 56.9 Å². The average molecular weight is 306 g/mol.